The fraction of sp³-hybridized carbons (Fsp3) is 0.438. The van der Waals surface area contributed by atoms with Crippen molar-refractivity contribution in [3.05, 3.63) is 35.4 Å². The zero-order valence-electron chi connectivity index (χ0n) is 12.9. The average Bonchev–Trinajstić information content (AvgIpc) is 3.04. The SMILES string of the molecule is C[C@@]12CCC(=O)N1[C@H](C(=O)OCC(=O)c1ccc(F)c(F)c1)CS2. The summed E-state index contributed by atoms with van der Waals surface area (Å²) in [4.78, 5) is 37.2. The fourth-order valence-corrected chi connectivity index (χ4v) is 4.40. The lowest BCUT2D eigenvalue weighted by atomic mass is 10.1. The number of nitrogens with zero attached hydrogens (tertiary/aromatic N) is 1. The number of ether oxygens (including phenoxy) is 1. The number of ketones is 1. The van der Waals surface area contributed by atoms with Gasteiger partial charge in [-0.2, -0.15) is 0 Å². The number of hydrogen-bond donors (Lipinski definition) is 0. The molecule has 2 aliphatic rings. The first-order valence-corrected chi connectivity index (χ1v) is 8.41. The predicted octanol–water partition coefficient (Wildman–Crippen LogP) is 2.14. The molecule has 0 aromatic heterocycles. The number of Topliss-reactive ketones (excluding diaryl/α,β-unsaturated/α-hetero) is 1. The third-order valence-electron chi connectivity index (χ3n) is 4.30. The first-order chi connectivity index (χ1) is 11.3. The molecule has 128 valence electrons. The molecule has 1 aromatic carbocycles. The molecule has 24 heavy (non-hydrogen) atoms. The van der Waals surface area contributed by atoms with Gasteiger partial charge in [0.15, 0.2) is 24.0 Å². The normalized spacial score (nSPS) is 25.7. The largest absolute Gasteiger partial charge is 0.456 e. The van der Waals surface area contributed by atoms with Gasteiger partial charge in [0, 0.05) is 17.7 Å². The van der Waals surface area contributed by atoms with Crippen LogP contribution >= 0.6 is 11.8 Å². The second-order valence-electron chi connectivity index (χ2n) is 5.93. The van der Waals surface area contributed by atoms with E-state index in [1.54, 1.807) is 0 Å². The number of benzene rings is 1. The Labute approximate surface area is 141 Å². The summed E-state index contributed by atoms with van der Waals surface area (Å²) in [5, 5.41) is 0. The van der Waals surface area contributed by atoms with Crippen molar-refractivity contribution in [1.29, 1.82) is 0 Å². The zero-order valence-corrected chi connectivity index (χ0v) is 13.7. The molecule has 0 N–H and O–H groups in total. The number of amides is 1. The van der Waals surface area contributed by atoms with Gasteiger partial charge in [0.25, 0.3) is 0 Å². The maximum atomic E-state index is 13.1. The maximum absolute atomic E-state index is 13.1. The van der Waals surface area contributed by atoms with E-state index in [0.717, 1.165) is 18.2 Å². The number of rotatable bonds is 4. The van der Waals surface area contributed by atoms with E-state index in [0.29, 0.717) is 18.6 Å². The highest BCUT2D eigenvalue weighted by Crippen LogP contribution is 2.47. The quantitative estimate of drug-likeness (QED) is 0.612. The van der Waals surface area contributed by atoms with Crippen molar-refractivity contribution in [2.75, 3.05) is 12.4 Å². The average molecular weight is 355 g/mol. The minimum Gasteiger partial charge on any atom is -0.456 e. The van der Waals surface area contributed by atoms with Crippen LogP contribution in [0, 0.1) is 11.6 Å². The van der Waals surface area contributed by atoms with Crippen molar-refractivity contribution in [2.24, 2.45) is 0 Å². The molecule has 0 bridgehead atoms. The second-order valence-corrected chi connectivity index (χ2v) is 7.43. The Bertz CT molecular complexity index is 726. The van der Waals surface area contributed by atoms with Gasteiger partial charge in [0.2, 0.25) is 5.91 Å². The van der Waals surface area contributed by atoms with Gasteiger partial charge in [-0.05, 0) is 31.5 Å². The highest BCUT2D eigenvalue weighted by Gasteiger charge is 2.53. The van der Waals surface area contributed by atoms with Gasteiger partial charge in [-0.25, -0.2) is 13.6 Å². The number of hydrogen-bond acceptors (Lipinski definition) is 5. The highest BCUT2D eigenvalue weighted by atomic mass is 32.2. The van der Waals surface area contributed by atoms with E-state index < -0.39 is 40.9 Å². The number of thioether (sulfide) groups is 1. The minimum absolute atomic E-state index is 0.0791. The van der Waals surface area contributed by atoms with Gasteiger partial charge in [-0.1, -0.05) is 0 Å². The Morgan fingerprint density at radius 2 is 2.12 bits per heavy atom. The van der Waals surface area contributed by atoms with Crippen molar-refractivity contribution in [2.45, 2.75) is 30.7 Å². The Hall–Kier alpha value is -1.96. The molecule has 5 nitrogen and oxygen atoms in total. The highest BCUT2D eigenvalue weighted by molar-refractivity contribution is 8.01. The molecule has 0 spiro atoms. The first kappa shape index (κ1) is 16.9. The third kappa shape index (κ3) is 2.90. The van der Waals surface area contributed by atoms with E-state index in [2.05, 4.69) is 0 Å². The van der Waals surface area contributed by atoms with Crippen LogP contribution in [0.2, 0.25) is 0 Å². The molecule has 1 aromatic rings. The number of halogens is 2. The summed E-state index contributed by atoms with van der Waals surface area (Å²) in [6.45, 7) is 1.33. The van der Waals surface area contributed by atoms with Gasteiger partial charge in [-0.3, -0.25) is 9.59 Å². The topological polar surface area (TPSA) is 63.7 Å². The third-order valence-corrected chi connectivity index (χ3v) is 5.81. The molecule has 0 radical (unpaired) electrons. The van der Waals surface area contributed by atoms with Gasteiger partial charge in [0.1, 0.15) is 6.04 Å². The van der Waals surface area contributed by atoms with E-state index in [1.807, 2.05) is 6.92 Å². The summed E-state index contributed by atoms with van der Waals surface area (Å²) in [5.74, 6) is -3.17. The van der Waals surface area contributed by atoms with Crippen molar-refractivity contribution in [3.8, 4) is 0 Å². The van der Waals surface area contributed by atoms with E-state index in [1.165, 1.54) is 16.7 Å². The van der Waals surface area contributed by atoms with Gasteiger partial charge in [0.05, 0.1) is 4.87 Å². The van der Waals surface area contributed by atoms with E-state index in [9.17, 15) is 23.2 Å². The molecular weight excluding hydrogens is 340 g/mol. The molecular formula is C16H15F2NO4S. The van der Waals surface area contributed by atoms with Crippen molar-refractivity contribution in [3.63, 3.8) is 0 Å². The zero-order chi connectivity index (χ0) is 17.5. The molecule has 1 amide bonds. The van der Waals surface area contributed by atoms with Crippen molar-refractivity contribution < 1.29 is 27.9 Å². The number of fused-ring (bicyclic) bond motifs is 1. The molecule has 0 saturated carbocycles. The van der Waals surface area contributed by atoms with Crippen LogP contribution < -0.4 is 0 Å². The van der Waals surface area contributed by atoms with Crippen molar-refractivity contribution >= 4 is 29.4 Å². The molecule has 0 aliphatic carbocycles. The van der Waals surface area contributed by atoms with Crippen LogP contribution in [0.3, 0.4) is 0 Å². The molecule has 0 unspecified atom stereocenters. The number of carbonyl (C=O) groups excluding carboxylic acids is 3. The summed E-state index contributed by atoms with van der Waals surface area (Å²) in [6, 6.07) is 2.01. The van der Waals surface area contributed by atoms with Gasteiger partial charge < -0.3 is 9.64 Å². The number of esters is 1. The fourth-order valence-electron chi connectivity index (χ4n) is 2.98. The smallest absolute Gasteiger partial charge is 0.330 e. The van der Waals surface area contributed by atoms with E-state index >= 15 is 0 Å². The van der Waals surface area contributed by atoms with Crippen LogP contribution in [-0.4, -0.2) is 45.8 Å². The minimum atomic E-state index is -1.14. The lowest BCUT2D eigenvalue weighted by Crippen LogP contribution is -2.46. The summed E-state index contributed by atoms with van der Waals surface area (Å²) in [5.41, 5.74) is -0.0791. The molecule has 2 aliphatic heterocycles. The Kier molecular flexibility index (Phi) is 4.33. The predicted molar refractivity (Wildman–Crippen MR) is 82.4 cm³/mol. The van der Waals surface area contributed by atoms with Gasteiger partial charge in [-0.15, -0.1) is 11.8 Å². The second kappa shape index (κ2) is 6.16. The lowest BCUT2D eigenvalue weighted by Gasteiger charge is -2.29. The number of carbonyl (C=O) groups is 3. The van der Waals surface area contributed by atoms with Crippen LogP contribution in [0.4, 0.5) is 8.78 Å². The molecule has 2 heterocycles. The summed E-state index contributed by atoms with van der Waals surface area (Å²) < 4.78 is 31.0. The molecule has 8 heteroatoms. The van der Waals surface area contributed by atoms with E-state index in [-0.39, 0.29) is 11.5 Å². The van der Waals surface area contributed by atoms with Crippen LogP contribution in [-0.2, 0) is 14.3 Å². The maximum Gasteiger partial charge on any atom is 0.330 e. The van der Waals surface area contributed by atoms with Crippen LogP contribution in [0.25, 0.3) is 0 Å². The monoisotopic (exact) mass is 355 g/mol. The summed E-state index contributed by atoms with van der Waals surface area (Å²) >= 11 is 1.52. The Morgan fingerprint density at radius 3 is 2.83 bits per heavy atom. The Morgan fingerprint density at radius 1 is 1.38 bits per heavy atom. The standard InChI is InChI=1S/C16H15F2NO4S/c1-16-5-4-14(21)19(16)12(8-24-16)15(22)23-7-13(20)9-2-3-10(17)11(18)6-9/h2-3,6,12H,4-5,7-8H2,1H3/t12-,16+/m0/s1. The molecule has 3 rings (SSSR count). The van der Waals surface area contributed by atoms with E-state index in [4.69, 9.17) is 4.74 Å². The van der Waals surface area contributed by atoms with Crippen LogP contribution in [0.1, 0.15) is 30.1 Å². The molecule has 2 atom stereocenters. The van der Waals surface area contributed by atoms with Crippen molar-refractivity contribution in [1.82, 2.24) is 4.90 Å². The first-order valence-electron chi connectivity index (χ1n) is 7.43. The van der Waals surface area contributed by atoms with Crippen LogP contribution in [0.15, 0.2) is 18.2 Å². The van der Waals surface area contributed by atoms with Gasteiger partial charge >= 0.3 is 5.97 Å². The summed E-state index contributed by atoms with van der Waals surface area (Å²) in [7, 11) is 0. The van der Waals surface area contributed by atoms with Crippen LogP contribution in [0.5, 0.6) is 0 Å². The summed E-state index contributed by atoms with van der Waals surface area (Å²) in [6.07, 6.45) is 1.06. The molecule has 2 fully saturated rings. The lowest BCUT2D eigenvalue weighted by molar-refractivity contribution is -0.152. The molecule has 2 saturated heterocycles. The Balaban J connectivity index is 1.62.